The molecule has 0 spiro atoms. The highest BCUT2D eigenvalue weighted by Crippen LogP contribution is 2.21. The van der Waals surface area contributed by atoms with Gasteiger partial charge in [-0.3, -0.25) is 0 Å². The molecule has 3 heteroatoms. The molecule has 1 rings (SSSR count). The minimum absolute atomic E-state index is 0.395. The van der Waals surface area contributed by atoms with Crippen LogP contribution < -0.4 is 5.73 Å². The second-order valence-electron chi connectivity index (χ2n) is 4.70. The molecular formula is C12H26N2O. The van der Waals surface area contributed by atoms with Crippen LogP contribution in [-0.2, 0) is 4.74 Å². The highest BCUT2D eigenvalue weighted by atomic mass is 16.5. The van der Waals surface area contributed by atoms with Crippen LogP contribution in [0.1, 0.15) is 38.5 Å². The summed E-state index contributed by atoms with van der Waals surface area (Å²) in [6.07, 6.45) is 7.52. The molecule has 0 aromatic heterocycles. The van der Waals surface area contributed by atoms with Gasteiger partial charge in [-0.25, -0.2) is 0 Å². The van der Waals surface area contributed by atoms with Crippen molar-refractivity contribution in [3.8, 4) is 0 Å². The van der Waals surface area contributed by atoms with E-state index in [0.29, 0.717) is 12.1 Å². The predicted octanol–water partition coefficient (Wildman–Crippen LogP) is 1.61. The summed E-state index contributed by atoms with van der Waals surface area (Å²) in [6.45, 7) is 2.03. The molecule has 0 heterocycles. The average Bonchev–Trinajstić information content (AvgIpc) is 2.25. The van der Waals surface area contributed by atoms with Crippen molar-refractivity contribution in [2.75, 3.05) is 27.3 Å². The van der Waals surface area contributed by atoms with E-state index in [2.05, 4.69) is 11.9 Å². The van der Waals surface area contributed by atoms with Crippen LogP contribution in [0.2, 0.25) is 0 Å². The molecule has 0 amide bonds. The minimum Gasteiger partial charge on any atom is -0.385 e. The van der Waals surface area contributed by atoms with Gasteiger partial charge in [-0.2, -0.15) is 0 Å². The topological polar surface area (TPSA) is 38.5 Å². The number of rotatable bonds is 6. The Balaban J connectivity index is 2.16. The van der Waals surface area contributed by atoms with E-state index in [1.54, 1.807) is 7.11 Å². The Morgan fingerprint density at radius 2 is 2.00 bits per heavy atom. The van der Waals surface area contributed by atoms with Gasteiger partial charge in [-0.15, -0.1) is 0 Å². The Bertz CT molecular complexity index is 164. The van der Waals surface area contributed by atoms with Crippen molar-refractivity contribution in [2.45, 2.75) is 50.6 Å². The van der Waals surface area contributed by atoms with Crippen LogP contribution in [0.15, 0.2) is 0 Å². The molecule has 1 aliphatic carbocycles. The van der Waals surface area contributed by atoms with Crippen molar-refractivity contribution in [2.24, 2.45) is 5.73 Å². The van der Waals surface area contributed by atoms with Gasteiger partial charge < -0.3 is 15.4 Å². The van der Waals surface area contributed by atoms with E-state index in [4.69, 9.17) is 10.5 Å². The Morgan fingerprint density at radius 1 is 1.27 bits per heavy atom. The highest BCUT2D eigenvalue weighted by molar-refractivity contribution is 4.84. The van der Waals surface area contributed by atoms with Gasteiger partial charge in [0.25, 0.3) is 0 Å². The number of likely N-dealkylation sites (N-methyl/N-ethyl adjacent to an activating group) is 1. The molecule has 1 aliphatic rings. The first-order chi connectivity index (χ1) is 7.25. The van der Waals surface area contributed by atoms with Gasteiger partial charge in [0.15, 0.2) is 0 Å². The van der Waals surface area contributed by atoms with Crippen molar-refractivity contribution in [3.63, 3.8) is 0 Å². The third-order valence-corrected chi connectivity index (χ3v) is 3.46. The van der Waals surface area contributed by atoms with E-state index in [1.807, 2.05) is 0 Å². The Labute approximate surface area is 94.0 Å². The monoisotopic (exact) mass is 214 g/mol. The molecule has 1 saturated carbocycles. The molecule has 0 saturated heterocycles. The Kier molecular flexibility index (Phi) is 6.22. The van der Waals surface area contributed by atoms with Gasteiger partial charge in [-0.1, -0.05) is 12.8 Å². The van der Waals surface area contributed by atoms with E-state index in [1.165, 1.54) is 32.1 Å². The lowest BCUT2D eigenvalue weighted by Gasteiger charge is -2.36. The molecule has 0 aromatic rings. The number of hydrogen-bond donors (Lipinski definition) is 1. The summed E-state index contributed by atoms with van der Waals surface area (Å²) in [7, 11) is 3.98. The van der Waals surface area contributed by atoms with Crippen LogP contribution in [0.4, 0.5) is 0 Å². The number of nitrogens with two attached hydrogens (primary N) is 1. The largest absolute Gasteiger partial charge is 0.385 e. The van der Waals surface area contributed by atoms with Crippen molar-refractivity contribution >= 4 is 0 Å². The van der Waals surface area contributed by atoms with Crippen molar-refractivity contribution in [1.82, 2.24) is 4.90 Å². The fraction of sp³-hybridized carbons (Fsp3) is 1.00. The number of hydrogen-bond acceptors (Lipinski definition) is 3. The van der Waals surface area contributed by atoms with Gasteiger partial charge in [0.1, 0.15) is 0 Å². The van der Waals surface area contributed by atoms with Gasteiger partial charge in [0.05, 0.1) is 0 Å². The standard InChI is InChI=1S/C12H26N2O/c1-14(9-5-6-10-15-2)12-8-4-3-7-11(12)13/h11-12H,3-10,13H2,1-2H3. The molecule has 2 unspecified atom stereocenters. The molecule has 0 radical (unpaired) electrons. The van der Waals surface area contributed by atoms with Crippen molar-refractivity contribution in [3.05, 3.63) is 0 Å². The molecule has 0 aromatic carbocycles. The van der Waals surface area contributed by atoms with Gasteiger partial charge >= 0.3 is 0 Å². The van der Waals surface area contributed by atoms with Crippen LogP contribution >= 0.6 is 0 Å². The zero-order chi connectivity index (χ0) is 11.1. The SMILES string of the molecule is COCCCCN(C)C1CCCCC1N. The lowest BCUT2D eigenvalue weighted by Crippen LogP contribution is -2.48. The molecule has 2 atom stereocenters. The average molecular weight is 214 g/mol. The molecule has 2 N–H and O–H groups in total. The predicted molar refractivity (Wildman–Crippen MR) is 64.0 cm³/mol. The van der Waals surface area contributed by atoms with E-state index >= 15 is 0 Å². The molecule has 1 fully saturated rings. The fourth-order valence-corrected chi connectivity index (χ4v) is 2.46. The summed E-state index contributed by atoms with van der Waals surface area (Å²) >= 11 is 0. The highest BCUT2D eigenvalue weighted by Gasteiger charge is 2.24. The van der Waals surface area contributed by atoms with Crippen molar-refractivity contribution < 1.29 is 4.74 Å². The molecular weight excluding hydrogens is 188 g/mol. The summed E-state index contributed by atoms with van der Waals surface area (Å²) in [4.78, 5) is 2.44. The number of ether oxygens (including phenoxy) is 1. The Hall–Kier alpha value is -0.120. The Morgan fingerprint density at radius 3 is 2.67 bits per heavy atom. The van der Waals surface area contributed by atoms with E-state index in [9.17, 15) is 0 Å². The molecule has 0 bridgehead atoms. The van der Waals surface area contributed by atoms with Crippen LogP contribution in [0, 0.1) is 0 Å². The summed E-state index contributed by atoms with van der Waals surface area (Å²) in [6, 6.07) is 1.01. The van der Waals surface area contributed by atoms with Crippen LogP contribution in [0.25, 0.3) is 0 Å². The zero-order valence-corrected chi connectivity index (χ0v) is 10.2. The maximum Gasteiger partial charge on any atom is 0.0462 e. The van der Waals surface area contributed by atoms with Crippen LogP contribution in [-0.4, -0.2) is 44.3 Å². The van der Waals surface area contributed by atoms with Gasteiger partial charge in [0.2, 0.25) is 0 Å². The van der Waals surface area contributed by atoms with E-state index in [-0.39, 0.29) is 0 Å². The second-order valence-corrected chi connectivity index (χ2v) is 4.70. The smallest absolute Gasteiger partial charge is 0.0462 e. The number of nitrogens with zero attached hydrogens (tertiary/aromatic N) is 1. The third-order valence-electron chi connectivity index (χ3n) is 3.46. The first-order valence-electron chi connectivity index (χ1n) is 6.20. The maximum absolute atomic E-state index is 6.14. The summed E-state index contributed by atoms with van der Waals surface area (Å²) < 4.78 is 5.05. The maximum atomic E-state index is 6.14. The molecule has 90 valence electrons. The second kappa shape index (κ2) is 7.20. The first kappa shape index (κ1) is 12.9. The van der Waals surface area contributed by atoms with E-state index in [0.717, 1.165) is 19.6 Å². The first-order valence-corrected chi connectivity index (χ1v) is 6.20. The lowest BCUT2D eigenvalue weighted by atomic mass is 9.90. The third kappa shape index (κ3) is 4.49. The summed E-state index contributed by atoms with van der Waals surface area (Å²) in [5.74, 6) is 0. The van der Waals surface area contributed by atoms with Gasteiger partial charge in [-0.05, 0) is 39.3 Å². The van der Waals surface area contributed by atoms with E-state index < -0.39 is 0 Å². The lowest BCUT2D eigenvalue weighted by molar-refractivity contribution is 0.153. The zero-order valence-electron chi connectivity index (χ0n) is 10.2. The minimum atomic E-state index is 0.395. The normalized spacial score (nSPS) is 27.2. The molecule has 0 aliphatic heterocycles. The summed E-state index contributed by atoms with van der Waals surface area (Å²) in [5, 5.41) is 0. The number of unbranched alkanes of at least 4 members (excludes halogenated alkanes) is 1. The van der Waals surface area contributed by atoms with Crippen LogP contribution in [0.5, 0.6) is 0 Å². The fourth-order valence-electron chi connectivity index (χ4n) is 2.46. The quantitative estimate of drug-likeness (QED) is 0.683. The summed E-state index contributed by atoms with van der Waals surface area (Å²) in [5.41, 5.74) is 6.14. The molecule has 15 heavy (non-hydrogen) atoms. The van der Waals surface area contributed by atoms with Gasteiger partial charge in [0, 0.05) is 25.8 Å². The van der Waals surface area contributed by atoms with Crippen molar-refractivity contribution in [1.29, 1.82) is 0 Å². The number of methoxy groups -OCH3 is 1. The molecule has 3 nitrogen and oxygen atoms in total. The van der Waals surface area contributed by atoms with Crippen LogP contribution in [0.3, 0.4) is 0 Å².